The number of amides is 1. The van der Waals surface area contributed by atoms with Crippen LogP contribution in [0.2, 0.25) is 0 Å². The van der Waals surface area contributed by atoms with Gasteiger partial charge in [0.15, 0.2) is 0 Å². The van der Waals surface area contributed by atoms with E-state index in [1.54, 1.807) is 0 Å². The average molecular weight is 252 g/mol. The van der Waals surface area contributed by atoms with Gasteiger partial charge in [-0.05, 0) is 43.5 Å². The lowest BCUT2D eigenvalue weighted by molar-refractivity contribution is -0.122. The van der Waals surface area contributed by atoms with Crippen molar-refractivity contribution in [3.8, 4) is 0 Å². The van der Waals surface area contributed by atoms with E-state index in [4.69, 9.17) is 10.5 Å². The topological polar surface area (TPSA) is 64.3 Å². The van der Waals surface area contributed by atoms with Gasteiger partial charge in [-0.2, -0.15) is 0 Å². The molecule has 1 aromatic rings. The molecule has 0 aliphatic heterocycles. The molecule has 2 rings (SSSR count). The molecule has 0 saturated heterocycles. The number of carbonyl (C=O) groups excluding carboxylic acids is 1. The molecule has 3 N–H and O–H groups in total. The normalized spacial score (nSPS) is 23.0. The van der Waals surface area contributed by atoms with Crippen LogP contribution < -0.4 is 11.1 Å². The van der Waals surface area contributed by atoms with Crippen molar-refractivity contribution in [2.75, 3.05) is 11.9 Å². The van der Waals surface area contributed by atoms with Gasteiger partial charge in [-0.25, -0.2) is 4.39 Å². The van der Waals surface area contributed by atoms with Crippen LogP contribution in [0, 0.1) is 5.82 Å². The Hall–Kier alpha value is -1.46. The first-order valence-corrected chi connectivity index (χ1v) is 6.06. The van der Waals surface area contributed by atoms with E-state index < -0.39 is 0 Å². The number of halogens is 1. The van der Waals surface area contributed by atoms with E-state index >= 15 is 0 Å². The van der Waals surface area contributed by atoms with Crippen molar-refractivity contribution in [3.05, 3.63) is 30.1 Å². The average Bonchev–Trinajstić information content (AvgIpc) is 2.76. The van der Waals surface area contributed by atoms with Gasteiger partial charge in [-0.1, -0.05) is 0 Å². The zero-order valence-electron chi connectivity index (χ0n) is 10.1. The lowest BCUT2D eigenvalue weighted by Crippen LogP contribution is -2.23. The summed E-state index contributed by atoms with van der Waals surface area (Å²) < 4.78 is 18.1. The third kappa shape index (κ3) is 3.78. The fourth-order valence-corrected chi connectivity index (χ4v) is 2.05. The van der Waals surface area contributed by atoms with Crippen molar-refractivity contribution in [1.29, 1.82) is 0 Å². The molecule has 0 spiro atoms. The SMILES string of the molecule is NC1CCC(OCC(=O)Nc2ccc(F)cc2)C1. The number of benzene rings is 1. The molecule has 4 nitrogen and oxygen atoms in total. The molecule has 0 radical (unpaired) electrons. The molecule has 2 atom stereocenters. The molecule has 0 bridgehead atoms. The van der Waals surface area contributed by atoms with Gasteiger partial charge in [0, 0.05) is 11.7 Å². The van der Waals surface area contributed by atoms with Crippen LogP contribution in [0.3, 0.4) is 0 Å². The van der Waals surface area contributed by atoms with E-state index in [1.807, 2.05) is 0 Å². The number of anilines is 1. The molecule has 1 aromatic carbocycles. The molecule has 98 valence electrons. The highest BCUT2D eigenvalue weighted by Crippen LogP contribution is 2.20. The molecule has 18 heavy (non-hydrogen) atoms. The predicted molar refractivity (Wildman–Crippen MR) is 66.6 cm³/mol. The lowest BCUT2D eigenvalue weighted by atomic mass is 10.3. The molecule has 1 saturated carbocycles. The molecule has 1 aliphatic rings. The number of hydrogen-bond donors (Lipinski definition) is 2. The third-order valence-corrected chi connectivity index (χ3v) is 3.00. The molecule has 1 aliphatic carbocycles. The smallest absolute Gasteiger partial charge is 0.250 e. The third-order valence-electron chi connectivity index (χ3n) is 3.00. The van der Waals surface area contributed by atoms with Gasteiger partial charge in [-0.3, -0.25) is 4.79 Å². The molecular formula is C13H17FN2O2. The minimum atomic E-state index is -0.329. The molecule has 0 heterocycles. The summed E-state index contributed by atoms with van der Waals surface area (Å²) in [6.45, 7) is 0.00869. The molecular weight excluding hydrogens is 235 g/mol. The van der Waals surface area contributed by atoms with Crippen LogP contribution in [0.15, 0.2) is 24.3 Å². The van der Waals surface area contributed by atoms with Crippen LogP contribution in [0.4, 0.5) is 10.1 Å². The van der Waals surface area contributed by atoms with Crippen LogP contribution >= 0.6 is 0 Å². The van der Waals surface area contributed by atoms with Gasteiger partial charge >= 0.3 is 0 Å². The highest BCUT2D eigenvalue weighted by Gasteiger charge is 2.22. The summed E-state index contributed by atoms with van der Waals surface area (Å²) in [5.41, 5.74) is 6.32. The zero-order valence-corrected chi connectivity index (χ0v) is 10.1. The van der Waals surface area contributed by atoms with Crippen molar-refractivity contribution < 1.29 is 13.9 Å². The Morgan fingerprint density at radius 2 is 2.11 bits per heavy atom. The minimum absolute atomic E-state index is 0.00869. The Labute approximate surface area is 105 Å². The van der Waals surface area contributed by atoms with Gasteiger partial charge in [0.25, 0.3) is 0 Å². The fraction of sp³-hybridized carbons (Fsp3) is 0.462. The second-order valence-corrected chi connectivity index (χ2v) is 4.56. The van der Waals surface area contributed by atoms with Crippen LogP contribution in [0.1, 0.15) is 19.3 Å². The summed E-state index contributed by atoms with van der Waals surface area (Å²) in [6, 6.07) is 5.81. The van der Waals surface area contributed by atoms with Crippen LogP contribution in [-0.2, 0) is 9.53 Å². The van der Waals surface area contributed by atoms with Crippen LogP contribution in [0.25, 0.3) is 0 Å². The summed E-state index contributed by atoms with van der Waals surface area (Å²) in [4.78, 5) is 11.6. The summed E-state index contributed by atoms with van der Waals surface area (Å²) >= 11 is 0. The van der Waals surface area contributed by atoms with E-state index in [0.29, 0.717) is 5.69 Å². The fourth-order valence-electron chi connectivity index (χ4n) is 2.05. The molecule has 2 unspecified atom stereocenters. The van der Waals surface area contributed by atoms with Gasteiger partial charge in [-0.15, -0.1) is 0 Å². The van der Waals surface area contributed by atoms with E-state index in [0.717, 1.165) is 19.3 Å². The van der Waals surface area contributed by atoms with Crippen molar-refractivity contribution >= 4 is 11.6 Å². The standard InChI is InChI=1S/C13H17FN2O2/c14-9-1-4-11(5-2-9)16-13(17)8-18-12-6-3-10(15)7-12/h1-2,4-5,10,12H,3,6-8,15H2,(H,16,17). The maximum Gasteiger partial charge on any atom is 0.250 e. The van der Waals surface area contributed by atoms with Crippen LogP contribution in [-0.4, -0.2) is 24.7 Å². The highest BCUT2D eigenvalue weighted by molar-refractivity contribution is 5.91. The molecule has 0 aromatic heterocycles. The molecule has 5 heteroatoms. The Morgan fingerprint density at radius 1 is 1.39 bits per heavy atom. The van der Waals surface area contributed by atoms with Crippen molar-refractivity contribution in [3.63, 3.8) is 0 Å². The number of nitrogens with one attached hydrogen (secondary N) is 1. The van der Waals surface area contributed by atoms with Gasteiger partial charge in [0.05, 0.1) is 6.10 Å². The Balaban J connectivity index is 1.73. The van der Waals surface area contributed by atoms with Crippen LogP contribution in [0.5, 0.6) is 0 Å². The summed E-state index contributed by atoms with van der Waals surface area (Å²) in [5.74, 6) is -0.564. The van der Waals surface area contributed by atoms with Gasteiger partial charge in [0.1, 0.15) is 12.4 Å². The number of carbonyl (C=O) groups is 1. The lowest BCUT2D eigenvalue weighted by Gasteiger charge is -2.11. The van der Waals surface area contributed by atoms with E-state index in [2.05, 4.69) is 5.32 Å². The van der Waals surface area contributed by atoms with E-state index in [-0.39, 0.29) is 30.5 Å². The summed E-state index contributed by atoms with van der Waals surface area (Å²) in [5, 5.41) is 2.64. The van der Waals surface area contributed by atoms with Crippen molar-refractivity contribution in [2.45, 2.75) is 31.4 Å². The first-order valence-electron chi connectivity index (χ1n) is 6.06. The monoisotopic (exact) mass is 252 g/mol. The minimum Gasteiger partial charge on any atom is -0.368 e. The van der Waals surface area contributed by atoms with Crippen molar-refractivity contribution in [2.24, 2.45) is 5.73 Å². The predicted octanol–water partition coefficient (Wildman–Crippen LogP) is 1.66. The summed E-state index contributed by atoms with van der Waals surface area (Å²) in [7, 11) is 0. The maximum atomic E-state index is 12.7. The quantitative estimate of drug-likeness (QED) is 0.856. The number of nitrogens with two attached hydrogens (primary N) is 1. The first-order chi connectivity index (χ1) is 8.63. The zero-order chi connectivity index (χ0) is 13.0. The molecule has 1 amide bonds. The van der Waals surface area contributed by atoms with E-state index in [1.165, 1.54) is 24.3 Å². The highest BCUT2D eigenvalue weighted by atomic mass is 19.1. The maximum absolute atomic E-state index is 12.7. The number of rotatable bonds is 4. The number of hydrogen-bond acceptors (Lipinski definition) is 3. The van der Waals surface area contributed by atoms with Gasteiger partial charge < -0.3 is 15.8 Å². The second kappa shape index (κ2) is 5.93. The first kappa shape index (κ1) is 13.0. The Morgan fingerprint density at radius 3 is 2.72 bits per heavy atom. The Kier molecular flexibility index (Phi) is 4.28. The molecule has 1 fully saturated rings. The largest absolute Gasteiger partial charge is 0.368 e. The van der Waals surface area contributed by atoms with E-state index in [9.17, 15) is 9.18 Å². The Bertz CT molecular complexity index is 408. The van der Waals surface area contributed by atoms with Gasteiger partial charge in [0.2, 0.25) is 5.91 Å². The summed E-state index contributed by atoms with van der Waals surface area (Å²) in [6.07, 6.45) is 2.75. The number of ether oxygens (including phenoxy) is 1. The second-order valence-electron chi connectivity index (χ2n) is 4.56. The van der Waals surface area contributed by atoms with Crippen molar-refractivity contribution in [1.82, 2.24) is 0 Å².